The lowest BCUT2D eigenvalue weighted by atomic mass is 9.83. The maximum atomic E-state index is 12.7. The summed E-state index contributed by atoms with van der Waals surface area (Å²) in [5.41, 5.74) is 2.42. The highest BCUT2D eigenvalue weighted by molar-refractivity contribution is 7.98. The van der Waals surface area contributed by atoms with Crippen molar-refractivity contribution in [3.05, 3.63) is 90.3 Å². The highest BCUT2D eigenvalue weighted by Crippen LogP contribution is 2.27. The number of anilines is 1. The number of benzene rings is 2. The highest BCUT2D eigenvalue weighted by Gasteiger charge is 2.29. The summed E-state index contributed by atoms with van der Waals surface area (Å²) in [5, 5.41) is 3.02. The van der Waals surface area contributed by atoms with Crippen molar-refractivity contribution >= 4 is 23.4 Å². The van der Waals surface area contributed by atoms with Crippen LogP contribution in [0, 0.1) is 0 Å². The van der Waals surface area contributed by atoms with Crippen LogP contribution in [0.2, 0.25) is 0 Å². The summed E-state index contributed by atoms with van der Waals surface area (Å²) < 4.78 is 0. The first-order chi connectivity index (χ1) is 12.6. The molecule has 0 unspecified atom stereocenters. The van der Waals surface area contributed by atoms with E-state index in [9.17, 15) is 4.79 Å². The van der Waals surface area contributed by atoms with Gasteiger partial charge in [0.2, 0.25) is 5.91 Å². The molecule has 0 radical (unpaired) electrons. The molecule has 0 aliphatic heterocycles. The summed E-state index contributed by atoms with van der Waals surface area (Å²) in [5.74, 6) is 0.861. The summed E-state index contributed by atoms with van der Waals surface area (Å²) in [4.78, 5) is 18.0. The predicted octanol–water partition coefficient (Wildman–Crippen LogP) is 5.29. The molecule has 3 rings (SSSR count). The van der Waals surface area contributed by atoms with Crippen molar-refractivity contribution in [3.63, 3.8) is 0 Å². The first kappa shape index (κ1) is 18.2. The molecular formula is C22H22N2OS. The van der Waals surface area contributed by atoms with Gasteiger partial charge in [-0.1, -0.05) is 36.4 Å². The Labute approximate surface area is 158 Å². The molecule has 0 spiro atoms. The fourth-order valence-electron chi connectivity index (χ4n) is 2.56. The number of nitrogens with one attached hydrogen (secondary N) is 1. The van der Waals surface area contributed by atoms with Gasteiger partial charge in [-0.15, -0.1) is 11.8 Å². The Bertz CT molecular complexity index is 846. The number of carbonyl (C=O) groups excluding carboxylic acids is 1. The van der Waals surface area contributed by atoms with Crippen LogP contribution in [0.3, 0.4) is 0 Å². The predicted molar refractivity (Wildman–Crippen MR) is 108 cm³/mol. The number of hydrogen-bond donors (Lipinski definition) is 1. The van der Waals surface area contributed by atoms with Gasteiger partial charge in [-0.2, -0.15) is 0 Å². The SMILES string of the molecule is CC(C)(C(=O)Nc1ccc(SCc2cccnc2)cc1)c1ccccc1. The molecule has 2 aromatic carbocycles. The summed E-state index contributed by atoms with van der Waals surface area (Å²) in [6.07, 6.45) is 3.66. The molecule has 1 heterocycles. The molecule has 0 saturated carbocycles. The molecule has 0 atom stereocenters. The van der Waals surface area contributed by atoms with E-state index < -0.39 is 5.41 Å². The lowest BCUT2D eigenvalue weighted by molar-refractivity contribution is -0.120. The van der Waals surface area contributed by atoms with Gasteiger partial charge in [-0.25, -0.2) is 0 Å². The summed E-state index contributed by atoms with van der Waals surface area (Å²) >= 11 is 1.75. The lowest BCUT2D eigenvalue weighted by Crippen LogP contribution is -2.34. The first-order valence-electron chi connectivity index (χ1n) is 8.54. The van der Waals surface area contributed by atoms with Gasteiger partial charge in [0.15, 0.2) is 0 Å². The topological polar surface area (TPSA) is 42.0 Å². The molecule has 26 heavy (non-hydrogen) atoms. The number of nitrogens with zero attached hydrogens (tertiary/aromatic N) is 1. The molecule has 0 aliphatic carbocycles. The minimum Gasteiger partial charge on any atom is -0.325 e. The van der Waals surface area contributed by atoms with E-state index >= 15 is 0 Å². The minimum atomic E-state index is -0.588. The summed E-state index contributed by atoms with van der Waals surface area (Å²) in [6, 6.07) is 21.8. The number of rotatable bonds is 6. The van der Waals surface area contributed by atoms with Crippen molar-refractivity contribution in [3.8, 4) is 0 Å². The zero-order valence-corrected chi connectivity index (χ0v) is 15.8. The monoisotopic (exact) mass is 362 g/mol. The second-order valence-corrected chi connectivity index (χ2v) is 7.67. The van der Waals surface area contributed by atoms with E-state index in [2.05, 4.69) is 16.4 Å². The van der Waals surface area contributed by atoms with Gasteiger partial charge in [0, 0.05) is 28.7 Å². The van der Waals surface area contributed by atoms with Crippen LogP contribution in [-0.4, -0.2) is 10.9 Å². The summed E-state index contributed by atoms with van der Waals surface area (Å²) in [6.45, 7) is 3.88. The van der Waals surface area contributed by atoms with Gasteiger partial charge >= 0.3 is 0 Å². The summed E-state index contributed by atoms with van der Waals surface area (Å²) in [7, 11) is 0. The third kappa shape index (κ3) is 4.52. The Morgan fingerprint density at radius 2 is 1.73 bits per heavy atom. The van der Waals surface area contributed by atoms with Crippen molar-refractivity contribution in [2.45, 2.75) is 29.9 Å². The van der Waals surface area contributed by atoms with Crippen molar-refractivity contribution in [1.29, 1.82) is 0 Å². The van der Waals surface area contributed by atoms with Crippen LogP contribution in [0.5, 0.6) is 0 Å². The third-order valence-electron chi connectivity index (χ3n) is 4.30. The zero-order chi connectivity index (χ0) is 18.4. The van der Waals surface area contributed by atoms with Gasteiger partial charge in [-0.3, -0.25) is 9.78 Å². The first-order valence-corrected chi connectivity index (χ1v) is 9.53. The number of carbonyl (C=O) groups is 1. The molecule has 4 heteroatoms. The van der Waals surface area contributed by atoms with Crippen LogP contribution in [-0.2, 0) is 16.0 Å². The van der Waals surface area contributed by atoms with Crippen molar-refractivity contribution < 1.29 is 4.79 Å². The molecular weight excluding hydrogens is 340 g/mol. The Balaban J connectivity index is 1.61. The van der Waals surface area contributed by atoms with E-state index in [1.807, 2.05) is 80.7 Å². The van der Waals surface area contributed by atoms with Crippen LogP contribution in [0.1, 0.15) is 25.0 Å². The number of hydrogen-bond acceptors (Lipinski definition) is 3. The molecule has 0 aliphatic rings. The van der Waals surface area contributed by atoms with Crippen LogP contribution in [0.4, 0.5) is 5.69 Å². The molecule has 132 valence electrons. The standard InChI is InChI=1S/C22H22N2OS/c1-22(2,18-8-4-3-5-9-18)21(25)24-19-10-12-20(13-11-19)26-16-17-7-6-14-23-15-17/h3-15H,16H2,1-2H3,(H,24,25). The fraction of sp³-hybridized carbons (Fsp3) is 0.182. The van der Waals surface area contributed by atoms with Gasteiger partial charge in [0.1, 0.15) is 0 Å². The molecule has 1 aromatic heterocycles. The average Bonchev–Trinajstić information content (AvgIpc) is 2.69. The molecule has 1 amide bonds. The molecule has 1 N–H and O–H groups in total. The quantitative estimate of drug-likeness (QED) is 0.606. The molecule has 3 aromatic rings. The van der Waals surface area contributed by atoms with E-state index in [4.69, 9.17) is 0 Å². The second-order valence-electron chi connectivity index (χ2n) is 6.62. The van der Waals surface area contributed by atoms with Gasteiger partial charge < -0.3 is 5.32 Å². The number of thioether (sulfide) groups is 1. The van der Waals surface area contributed by atoms with E-state index in [-0.39, 0.29) is 5.91 Å². The Kier molecular flexibility index (Phi) is 5.74. The van der Waals surface area contributed by atoms with Crippen molar-refractivity contribution in [1.82, 2.24) is 4.98 Å². The smallest absolute Gasteiger partial charge is 0.234 e. The Hall–Kier alpha value is -2.59. The van der Waals surface area contributed by atoms with Gasteiger partial charge in [0.05, 0.1) is 5.41 Å². The van der Waals surface area contributed by atoms with Crippen LogP contribution >= 0.6 is 11.8 Å². The van der Waals surface area contributed by atoms with Crippen LogP contribution in [0.25, 0.3) is 0 Å². The molecule has 0 saturated heterocycles. The minimum absolute atomic E-state index is 0.0144. The third-order valence-corrected chi connectivity index (χ3v) is 5.39. The van der Waals surface area contributed by atoms with Crippen molar-refractivity contribution in [2.75, 3.05) is 5.32 Å². The van der Waals surface area contributed by atoms with E-state index in [1.165, 1.54) is 5.56 Å². The number of pyridine rings is 1. The maximum Gasteiger partial charge on any atom is 0.234 e. The van der Waals surface area contributed by atoms with Crippen LogP contribution in [0.15, 0.2) is 84.0 Å². The number of aromatic nitrogens is 1. The highest BCUT2D eigenvalue weighted by atomic mass is 32.2. The second kappa shape index (κ2) is 8.19. The van der Waals surface area contributed by atoms with E-state index in [0.717, 1.165) is 21.9 Å². The normalized spacial score (nSPS) is 11.2. The maximum absolute atomic E-state index is 12.7. The molecule has 0 fully saturated rings. The van der Waals surface area contributed by atoms with E-state index in [1.54, 1.807) is 18.0 Å². The van der Waals surface area contributed by atoms with Gasteiger partial charge in [0.25, 0.3) is 0 Å². The number of amides is 1. The molecule has 3 nitrogen and oxygen atoms in total. The van der Waals surface area contributed by atoms with Crippen LogP contribution < -0.4 is 5.32 Å². The zero-order valence-electron chi connectivity index (χ0n) is 15.0. The Morgan fingerprint density at radius 1 is 1.00 bits per heavy atom. The van der Waals surface area contributed by atoms with E-state index in [0.29, 0.717) is 0 Å². The molecule has 0 bridgehead atoms. The largest absolute Gasteiger partial charge is 0.325 e. The van der Waals surface area contributed by atoms with Gasteiger partial charge in [-0.05, 0) is 55.3 Å². The Morgan fingerprint density at radius 3 is 2.38 bits per heavy atom. The lowest BCUT2D eigenvalue weighted by Gasteiger charge is -2.24. The van der Waals surface area contributed by atoms with Crippen molar-refractivity contribution in [2.24, 2.45) is 0 Å². The average molecular weight is 362 g/mol. The fourth-order valence-corrected chi connectivity index (χ4v) is 3.39.